The second-order valence-electron chi connectivity index (χ2n) is 5.13. The number of amides is 2. The van der Waals surface area contributed by atoms with Crippen LogP contribution in [0.5, 0.6) is 0 Å². The van der Waals surface area contributed by atoms with E-state index in [1.165, 1.54) is 18.9 Å². The molecule has 0 saturated carbocycles. The third-order valence-corrected chi connectivity index (χ3v) is 4.90. The molecule has 2 rings (SSSR count). The number of nitrogens with one attached hydrogen (secondary N) is 2. The zero-order chi connectivity index (χ0) is 15.2. The molecule has 1 heterocycles. The molecule has 1 unspecified atom stereocenters. The van der Waals surface area contributed by atoms with E-state index in [1.54, 1.807) is 19.1 Å². The van der Waals surface area contributed by atoms with E-state index >= 15 is 0 Å². The highest BCUT2D eigenvalue weighted by molar-refractivity contribution is 7.99. The predicted octanol–water partition coefficient (Wildman–Crippen LogP) is 3.10. The van der Waals surface area contributed by atoms with Crippen LogP contribution in [-0.2, 0) is 0 Å². The molecule has 0 bridgehead atoms. The fourth-order valence-electron chi connectivity index (χ4n) is 2.34. The lowest BCUT2D eigenvalue weighted by Gasteiger charge is -2.21. The Kier molecular flexibility index (Phi) is 5.50. The van der Waals surface area contributed by atoms with Gasteiger partial charge in [-0.2, -0.15) is 11.8 Å². The number of urea groups is 1. The number of hydrogen-bond donors (Lipinski definition) is 3. The Balaban J connectivity index is 1.94. The molecule has 114 valence electrons. The third-order valence-electron chi connectivity index (χ3n) is 3.51. The number of carboxylic acids is 1. The summed E-state index contributed by atoms with van der Waals surface area (Å²) >= 11 is 1.89. The average Bonchev–Trinajstić information content (AvgIpc) is 2.48. The summed E-state index contributed by atoms with van der Waals surface area (Å²) in [5, 5.41) is 15.1. The van der Waals surface area contributed by atoms with E-state index in [9.17, 15) is 9.59 Å². The Hall–Kier alpha value is -1.69. The third kappa shape index (κ3) is 4.39. The Morgan fingerprint density at radius 1 is 1.38 bits per heavy atom. The number of anilines is 1. The number of para-hydroxylation sites is 1. The van der Waals surface area contributed by atoms with E-state index in [2.05, 4.69) is 10.6 Å². The monoisotopic (exact) mass is 308 g/mol. The van der Waals surface area contributed by atoms with Gasteiger partial charge >= 0.3 is 12.0 Å². The number of thioether (sulfide) groups is 1. The van der Waals surface area contributed by atoms with E-state index in [-0.39, 0.29) is 11.6 Å². The van der Waals surface area contributed by atoms with Crippen LogP contribution in [0.2, 0.25) is 0 Å². The highest BCUT2D eigenvalue weighted by Crippen LogP contribution is 2.24. The van der Waals surface area contributed by atoms with E-state index < -0.39 is 5.97 Å². The van der Waals surface area contributed by atoms with Crippen LogP contribution in [-0.4, -0.2) is 34.7 Å². The van der Waals surface area contributed by atoms with Gasteiger partial charge in [0, 0.05) is 11.8 Å². The molecule has 1 saturated heterocycles. The topological polar surface area (TPSA) is 78.4 Å². The molecule has 1 fully saturated rings. The maximum absolute atomic E-state index is 12.0. The van der Waals surface area contributed by atoms with Gasteiger partial charge in [0.05, 0.1) is 11.3 Å². The lowest BCUT2D eigenvalue weighted by molar-refractivity contribution is 0.0698. The number of aromatic carboxylic acids is 1. The number of carbonyl (C=O) groups excluding carboxylic acids is 1. The number of aryl methyl sites for hydroxylation is 1. The standard InChI is InChI=1S/C15H20N2O3S/c1-10-5-4-7-12(14(18)19)13(10)17-15(20)16-9-11-6-2-3-8-21-11/h4-5,7,11H,2-3,6,8-9H2,1H3,(H,18,19)(H2,16,17,20). The molecule has 1 aliphatic rings. The van der Waals surface area contributed by atoms with Crippen molar-refractivity contribution in [2.75, 3.05) is 17.6 Å². The first kappa shape index (κ1) is 15.7. The summed E-state index contributed by atoms with van der Waals surface area (Å²) in [6.07, 6.45) is 3.58. The van der Waals surface area contributed by atoms with Crippen LogP contribution in [0.1, 0.15) is 35.2 Å². The van der Waals surface area contributed by atoms with E-state index in [0.29, 0.717) is 17.5 Å². The van der Waals surface area contributed by atoms with Crippen molar-refractivity contribution >= 4 is 29.4 Å². The van der Waals surface area contributed by atoms with Crippen LogP contribution in [0.3, 0.4) is 0 Å². The molecule has 1 atom stereocenters. The predicted molar refractivity (Wildman–Crippen MR) is 85.3 cm³/mol. The molecule has 0 spiro atoms. The summed E-state index contributed by atoms with van der Waals surface area (Å²) in [5.41, 5.74) is 1.20. The molecule has 1 aromatic carbocycles. The Labute approximate surface area is 128 Å². The van der Waals surface area contributed by atoms with Gasteiger partial charge in [-0.3, -0.25) is 0 Å². The quantitative estimate of drug-likeness (QED) is 0.798. The molecular formula is C15H20N2O3S. The van der Waals surface area contributed by atoms with Crippen molar-refractivity contribution in [1.29, 1.82) is 0 Å². The van der Waals surface area contributed by atoms with E-state index in [0.717, 1.165) is 17.7 Å². The Bertz CT molecular complexity index is 528. The van der Waals surface area contributed by atoms with Crippen molar-refractivity contribution in [2.45, 2.75) is 31.4 Å². The van der Waals surface area contributed by atoms with Gasteiger partial charge in [-0.15, -0.1) is 0 Å². The molecule has 6 heteroatoms. The van der Waals surface area contributed by atoms with Crippen molar-refractivity contribution in [2.24, 2.45) is 0 Å². The average molecular weight is 308 g/mol. The van der Waals surface area contributed by atoms with E-state index in [4.69, 9.17) is 5.11 Å². The highest BCUT2D eigenvalue weighted by Gasteiger charge is 2.17. The van der Waals surface area contributed by atoms with Crippen LogP contribution in [0.25, 0.3) is 0 Å². The van der Waals surface area contributed by atoms with Gasteiger partial charge in [0.25, 0.3) is 0 Å². The molecule has 0 aliphatic carbocycles. The smallest absolute Gasteiger partial charge is 0.337 e. The van der Waals surface area contributed by atoms with Gasteiger partial charge in [0.1, 0.15) is 0 Å². The molecule has 21 heavy (non-hydrogen) atoms. The van der Waals surface area contributed by atoms with Crippen LogP contribution >= 0.6 is 11.8 Å². The first-order chi connectivity index (χ1) is 10.1. The van der Waals surface area contributed by atoms with Crippen LogP contribution in [0.4, 0.5) is 10.5 Å². The summed E-state index contributed by atoms with van der Waals surface area (Å²) < 4.78 is 0. The molecule has 0 radical (unpaired) electrons. The Morgan fingerprint density at radius 3 is 2.86 bits per heavy atom. The SMILES string of the molecule is Cc1cccc(C(=O)O)c1NC(=O)NCC1CCCCS1. The maximum atomic E-state index is 12.0. The second-order valence-corrected chi connectivity index (χ2v) is 6.53. The van der Waals surface area contributed by atoms with Gasteiger partial charge in [-0.25, -0.2) is 9.59 Å². The van der Waals surface area contributed by atoms with Crippen molar-refractivity contribution in [1.82, 2.24) is 5.32 Å². The summed E-state index contributed by atoms with van der Waals surface area (Å²) in [6.45, 7) is 2.39. The van der Waals surface area contributed by atoms with Gasteiger partial charge in [0.15, 0.2) is 0 Å². The molecule has 1 aromatic rings. The highest BCUT2D eigenvalue weighted by atomic mass is 32.2. The van der Waals surface area contributed by atoms with Crippen LogP contribution in [0.15, 0.2) is 18.2 Å². The van der Waals surface area contributed by atoms with Crippen molar-refractivity contribution in [3.05, 3.63) is 29.3 Å². The Morgan fingerprint density at radius 2 is 2.19 bits per heavy atom. The molecule has 1 aliphatic heterocycles. The van der Waals surface area contributed by atoms with Gasteiger partial charge in [0.2, 0.25) is 0 Å². The second kappa shape index (κ2) is 7.36. The van der Waals surface area contributed by atoms with Gasteiger partial charge in [-0.05, 0) is 37.1 Å². The summed E-state index contributed by atoms with van der Waals surface area (Å²) in [4.78, 5) is 23.1. The fourth-order valence-corrected chi connectivity index (χ4v) is 3.58. The molecule has 2 amide bonds. The largest absolute Gasteiger partial charge is 0.478 e. The number of carbonyl (C=O) groups is 2. The minimum absolute atomic E-state index is 0.109. The normalized spacial score (nSPS) is 18.0. The van der Waals surface area contributed by atoms with Gasteiger partial charge in [-0.1, -0.05) is 18.6 Å². The minimum Gasteiger partial charge on any atom is -0.478 e. The maximum Gasteiger partial charge on any atom is 0.337 e. The molecule has 0 aromatic heterocycles. The lowest BCUT2D eigenvalue weighted by Crippen LogP contribution is -2.35. The van der Waals surface area contributed by atoms with Crippen molar-refractivity contribution < 1.29 is 14.7 Å². The number of carboxylic acid groups (broad SMARTS) is 1. The number of rotatable bonds is 4. The lowest BCUT2D eigenvalue weighted by atomic mass is 10.1. The summed E-state index contributed by atoms with van der Waals surface area (Å²) in [5.74, 6) is 0.103. The minimum atomic E-state index is -1.04. The first-order valence-electron chi connectivity index (χ1n) is 7.07. The summed E-state index contributed by atoms with van der Waals surface area (Å²) in [7, 11) is 0. The van der Waals surface area contributed by atoms with Crippen LogP contribution in [0, 0.1) is 6.92 Å². The molecular weight excluding hydrogens is 288 g/mol. The first-order valence-corrected chi connectivity index (χ1v) is 8.12. The zero-order valence-electron chi connectivity index (χ0n) is 12.0. The van der Waals surface area contributed by atoms with Gasteiger partial charge < -0.3 is 15.7 Å². The number of benzene rings is 1. The zero-order valence-corrected chi connectivity index (χ0v) is 12.8. The van der Waals surface area contributed by atoms with Crippen LogP contribution < -0.4 is 10.6 Å². The molecule has 3 N–H and O–H groups in total. The van der Waals surface area contributed by atoms with Crippen molar-refractivity contribution in [3.8, 4) is 0 Å². The number of hydrogen-bond acceptors (Lipinski definition) is 3. The van der Waals surface area contributed by atoms with E-state index in [1.807, 2.05) is 11.8 Å². The summed E-state index contributed by atoms with van der Waals surface area (Å²) in [6, 6.07) is 4.58. The molecule has 5 nitrogen and oxygen atoms in total. The van der Waals surface area contributed by atoms with Crippen molar-refractivity contribution in [3.63, 3.8) is 0 Å². The fraction of sp³-hybridized carbons (Fsp3) is 0.467.